The van der Waals surface area contributed by atoms with Gasteiger partial charge in [-0.05, 0) is 37.8 Å². The Morgan fingerprint density at radius 1 is 1.47 bits per heavy atom. The second-order valence-corrected chi connectivity index (χ2v) is 5.59. The van der Waals surface area contributed by atoms with Gasteiger partial charge in [-0.3, -0.25) is 11.3 Å². The number of thiophene rings is 1. The van der Waals surface area contributed by atoms with Crippen LogP contribution in [0.3, 0.4) is 0 Å². The summed E-state index contributed by atoms with van der Waals surface area (Å²) in [7, 11) is 0. The van der Waals surface area contributed by atoms with Gasteiger partial charge in [-0.15, -0.1) is 11.3 Å². The first-order valence-corrected chi connectivity index (χ1v) is 6.44. The van der Waals surface area contributed by atoms with Gasteiger partial charge in [0.2, 0.25) is 0 Å². The Kier molecular flexibility index (Phi) is 4.77. The van der Waals surface area contributed by atoms with Crippen molar-refractivity contribution < 1.29 is 0 Å². The number of hydrazine groups is 1. The smallest absolute Gasteiger partial charge is 0.0578 e. The third-order valence-electron chi connectivity index (χ3n) is 2.98. The van der Waals surface area contributed by atoms with Crippen LogP contribution in [0.2, 0.25) is 0 Å². The third-order valence-corrected chi connectivity index (χ3v) is 4.22. The van der Waals surface area contributed by atoms with E-state index in [1.165, 1.54) is 28.2 Å². The average Bonchev–Trinajstić information content (AvgIpc) is 2.48. The molecule has 0 aliphatic carbocycles. The van der Waals surface area contributed by atoms with E-state index in [0.717, 1.165) is 0 Å². The molecule has 1 rings (SSSR count). The van der Waals surface area contributed by atoms with E-state index < -0.39 is 0 Å². The molecular weight excluding hydrogens is 204 g/mol. The number of rotatable bonds is 5. The van der Waals surface area contributed by atoms with Crippen molar-refractivity contribution in [2.24, 2.45) is 11.8 Å². The SMILES string of the molecule is CCCC(C)C(NN)c1cc(C)c(C)s1. The molecule has 0 aromatic carbocycles. The van der Waals surface area contributed by atoms with E-state index in [2.05, 4.69) is 39.2 Å². The predicted molar refractivity (Wildman–Crippen MR) is 67.9 cm³/mol. The van der Waals surface area contributed by atoms with Crippen LogP contribution in [-0.2, 0) is 0 Å². The summed E-state index contributed by atoms with van der Waals surface area (Å²) in [6.07, 6.45) is 2.42. The topological polar surface area (TPSA) is 38.0 Å². The highest BCUT2D eigenvalue weighted by atomic mass is 32.1. The zero-order valence-corrected chi connectivity index (χ0v) is 10.9. The standard InChI is InChI=1S/C12H22N2S/c1-5-6-8(2)12(14-13)11-7-9(3)10(4)15-11/h7-8,12,14H,5-6,13H2,1-4H3. The van der Waals surface area contributed by atoms with Crippen molar-refractivity contribution in [3.05, 3.63) is 21.4 Å². The van der Waals surface area contributed by atoms with Crippen LogP contribution in [0.25, 0.3) is 0 Å². The van der Waals surface area contributed by atoms with Gasteiger partial charge in [0.05, 0.1) is 6.04 Å². The molecule has 2 unspecified atom stereocenters. The lowest BCUT2D eigenvalue weighted by Gasteiger charge is -2.21. The second-order valence-electron chi connectivity index (χ2n) is 4.30. The fraction of sp³-hybridized carbons (Fsp3) is 0.667. The van der Waals surface area contributed by atoms with Crippen LogP contribution in [0.4, 0.5) is 0 Å². The molecule has 1 heterocycles. The van der Waals surface area contributed by atoms with E-state index in [-0.39, 0.29) is 0 Å². The zero-order valence-electron chi connectivity index (χ0n) is 10.1. The number of hydrogen-bond acceptors (Lipinski definition) is 3. The molecule has 15 heavy (non-hydrogen) atoms. The Balaban J connectivity index is 2.82. The lowest BCUT2D eigenvalue weighted by molar-refractivity contribution is 0.373. The van der Waals surface area contributed by atoms with Gasteiger partial charge in [-0.1, -0.05) is 20.3 Å². The Hall–Kier alpha value is -0.380. The lowest BCUT2D eigenvalue weighted by Crippen LogP contribution is -2.31. The van der Waals surface area contributed by atoms with E-state index in [1.54, 1.807) is 0 Å². The first kappa shape index (κ1) is 12.7. The first-order valence-electron chi connectivity index (χ1n) is 5.63. The van der Waals surface area contributed by atoms with Crippen molar-refractivity contribution in [1.82, 2.24) is 5.43 Å². The molecule has 86 valence electrons. The Morgan fingerprint density at radius 2 is 2.13 bits per heavy atom. The highest BCUT2D eigenvalue weighted by Crippen LogP contribution is 2.32. The maximum absolute atomic E-state index is 5.65. The molecule has 0 aliphatic rings. The van der Waals surface area contributed by atoms with Crippen molar-refractivity contribution in [2.75, 3.05) is 0 Å². The lowest BCUT2D eigenvalue weighted by atomic mass is 9.96. The second kappa shape index (κ2) is 5.64. The molecule has 1 aromatic heterocycles. The molecule has 1 aromatic rings. The van der Waals surface area contributed by atoms with E-state index >= 15 is 0 Å². The molecule has 3 N–H and O–H groups in total. The summed E-state index contributed by atoms with van der Waals surface area (Å²) in [5, 5.41) is 0. The van der Waals surface area contributed by atoms with E-state index in [0.29, 0.717) is 12.0 Å². The van der Waals surface area contributed by atoms with Crippen LogP contribution in [-0.4, -0.2) is 0 Å². The average molecular weight is 226 g/mol. The minimum atomic E-state index is 0.308. The molecular formula is C12H22N2S. The maximum Gasteiger partial charge on any atom is 0.0578 e. The van der Waals surface area contributed by atoms with Gasteiger partial charge >= 0.3 is 0 Å². The molecule has 2 atom stereocenters. The summed E-state index contributed by atoms with van der Waals surface area (Å²) in [6.45, 7) is 8.81. The van der Waals surface area contributed by atoms with Gasteiger partial charge < -0.3 is 0 Å². The number of nitrogens with one attached hydrogen (secondary N) is 1. The molecule has 0 saturated carbocycles. The molecule has 0 fully saturated rings. The minimum Gasteiger partial charge on any atom is -0.271 e. The maximum atomic E-state index is 5.65. The van der Waals surface area contributed by atoms with Gasteiger partial charge in [-0.25, -0.2) is 0 Å². The van der Waals surface area contributed by atoms with Crippen molar-refractivity contribution in [2.45, 2.75) is 46.6 Å². The summed E-state index contributed by atoms with van der Waals surface area (Å²) in [6, 6.07) is 2.57. The molecule has 0 spiro atoms. The monoisotopic (exact) mass is 226 g/mol. The van der Waals surface area contributed by atoms with Gasteiger partial charge in [0.15, 0.2) is 0 Å². The molecule has 0 bridgehead atoms. The molecule has 2 nitrogen and oxygen atoms in total. The van der Waals surface area contributed by atoms with Crippen LogP contribution < -0.4 is 11.3 Å². The minimum absolute atomic E-state index is 0.308. The summed E-state index contributed by atoms with van der Waals surface area (Å²) in [4.78, 5) is 2.77. The fourth-order valence-electron chi connectivity index (χ4n) is 1.90. The number of hydrogen-bond donors (Lipinski definition) is 2. The normalized spacial score (nSPS) is 15.3. The summed E-state index contributed by atoms with van der Waals surface area (Å²) in [5.41, 5.74) is 4.33. The third kappa shape index (κ3) is 3.03. The van der Waals surface area contributed by atoms with Crippen molar-refractivity contribution in [3.63, 3.8) is 0 Å². The van der Waals surface area contributed by atoms with Gasteiger partial charge in [-0.2, -0.15) is 0 Å². The zero-order chi connectivity index (χ0) is 11.4. The molecule has 0 saturated heterocycles. The first-order chi connectivity index (χ1) is 7.10. The van der Waals surface area contributed by atoms with E-state index in [4.69, 9.17) is 5.84 Å². The van der Waals surface area contributed by atoms with Crippen LogP contribution in [0.5, 0.6) is 0 Å². The summed E-state index contributed by atoms with van der Waals surface area (Å²) in [5.74, 6) is 6.25. The molecule has 3 heteroatoms. The fourth-order valence-corrected chi connectivity index (χ4v) is 3.14. The predicted octanol–water partition coefficient (Wildman–Crippen LogP) is 3.31. The van der Waals surface area contributed by atoms with Crippen LogP contribution in [0.1, 0.15) is 48.0 Å². The van der Waals surface area contributed by atoms with Gasteiger partial charge in [0.25, 0.3) is 0 Å². The molecule has 0 radical (unpaired) electrons. The highest BCUT2D eigenvalue weighted by molar-refractivity contribution is 7.12. The van der Waals surface area contributed by atoms with Crippen LogP contribution in [0.15, 0.2) is 6.07 Å². The van der Waals surface area contributed by atoms with Gasteiger partial charge in [0, 0.05) is 9.75 Å². The van der Waals surface area contributed by atoms with Crippen LogP contribution in [0, 0.1) is 19.8 Å². The molecule has 0 amide bonds. The van der Waals surface area contributed by atoms with Crippen molar-refractivity contribution >= 4 is 11.3 Å². The number of aryl methyl sites for hydroxylation is 2. The highest BCUT2D eigenvalue weighted by Gasteiger charge is 2.19. The quantitative estimate of drug-likeness (QED) is 0.597. The Bertz CT molecular complexity index is 287. The summed E-state index contributed by atoms with van der Waals surface area (Å²) >= 11 is 1.86. The number of nitrogens with two attached hydrogens (primary N) is 1. The molecule has 0 aliphatic heterocycles. The van der Waals surface area contributed by atoms with E-state index in [9.17, 15) is 0 Å². The Labute approximate surface area is 96.9 Å². The van der Waals surface area contributed by atoms with Crippen LogP contribution >= 0.6 is 11.3 Å². The van der Waals surface area contributed by atoms with Crippen molar-refractivity contribution in [3.8, 4) is 0 Å². The van der Waals surface area contributed by atoms with Crippen molar-refractivity contribution in [1.29, 1.82) is 0 Å². The van der Waals surface area contributed by atoms with E-state index in [1.807, 2.05) is 11.3 Å². The Morgan fingerprint density at radius 3 is 2.53 bits per heavy atom. The summed E-state index contributed by atoms with van der Waals surface area (Å²) < 4.78 is 0. The van der Waals surface area contributed by atoms with Gasteiger partial charge in [0.1, 0.15) is 0 Å². The largest absolute Gasteiger partial charge is 0.271 e.